The summed E-state index contributed by atoms with van der Waals surface area (Å²) in [4.78, 5) is 13.8. The van der Waals surface area contributed by atoms with Crippen molar-refractivity contribution in [3.63, 3.8) is 0 Å². The Hall–Kier alpha value is -1.87. The molecule has 0 radical (unpaired) electrons. The van der Waals surface area contributed by atoms with Crippen molar-refractivity contribution < 1.29 is 17.6 Å². The highest BCUT2D eigenvalue weighted by Crippen LogP contribution is 2.28. The van der Waals surface area contributed by atoms with Gasteiger partial charge in [-0.25, -0.2) is 17.6 Å². The van der Waals surface area contributed by atoms with Crippen LogP contribution in [0.3, 0.4) is 0 Å². The molecule has 10 heteroatoms. The zero-order valence-corrected chi connectivity index (χ0v) is 18.6. The summed E-state index contributed by atoms with van der Waals surface area (Å²) in [5.41, 5.74) is 0.312. The fourth-order valence-electron chi connectivity index (χ4n) is 2.68. The van der Waals surface area contributed by atoms with Crippen LogP contribution in [0.2, 0.25) is 10.0 Å². The summed E-state index contributed by atoms with van der Waals surface area (Å²) in [5, 5.41) is 2.94. The van der Waals surface area contributed by atoms with Crippen molar-refractivity contribution in [1.29, 1.82) is 0 Å². The van der Waals surface area contributed by atoms with Crippen LogP contribution in [0.5, 0.6) is 0 Å². The Morgan fingerprint density at radius 3 is 2.34 bits per heavy atom. The Bertz CT molecular complexity index is 978. The third kappa shape index (κ3) is 5.39. The molecule has 1 N–H and O–H groups in total. The van der Waals surface area contributed by atoms with Gasteiger partial charge in [-0.1, -0.05) is 43.1 Å². The quantitative estimate of drug-likeness (QED) is 0.641. The molecule has 0 aliphatic heterocycles. The molecular weight excluding hydrogens is 440 g/mol. The minimum Gasteiger partial charge on any atom is -0.323 e. The van der Waals surface area contributed by atoms with Crippen LogP contribution in [-0.2, 0) is 16.6 Å². The molecule has 0 saturated carbocycles. The van der Waals surface area contributed by atoms with Crippen molar-refractivity contribution in [2.75, 3.05) is 25.5 Å². The SMILES string of the molecule is CCN(CC)S(=O)(=O)c1ccc(Cl)c(NC(=O)N(C)Cc2c(F)cccc2Cl)c1. The standard InChI is InChI=1S/C19H22Cl2FN3O3S/c1-4-25(5-2)29(27,28)13-9-10-16(21)18(11-13)23-19(26)24(3)12-14-15(20)7-6-8-17(14)22/h6-11H,4-5,12H2,1-3H3,(H,23,26). The third-order valence-corrected chi connectivity index (χ3v) is 7.06. The number of urea groups is 1. The van der Waals surface area contributed by atoms with Crippen LogP contribution in [0.25, 0.3) is 0 Å². The molecule has 158 valence electrons. The van der Waals surface area contributed by atoms with Crippen molar-refractivity contribution in [3.8, 4) is 0 Å². The van der Waals surface area contributed by atoms with E-state index < -0.39 is 21.9 Å². The molecule has 0 aliphatic carbocycles. The number of halogens is 3. The molecule has 2 aromatic rings. The Balaban J connectivity index is 2.24. The highest BCUT2D eigenvalue weighted by atomic mass is 35.5. The lowest BCUT2D eigenvalue weighted by Gasteiger charge is -2.21. The lowest BCUT2D eigenvalue weighted by atomic mass is 10.2. The van der Waals surface area contributed by atoms with Gasteiger partial charge in [-0.3, -0.25) is 0 Å². The van der Waals surface area contributed by atoms with Crippen molar-refractivity contribution in [1.82, 2.24) is 9.21 Å². The first-order valence-corrected chi connectivity index (χ1v) is 11.1. The average Bonchev–Trinajstić information content (AvgIpc) is 2.67. The van der Waals surface area contributed by atoms with E-state index in [1.165, 1.54) is 52.7 Å². The van der Waals surface area contributed by atoms with Gasteiger partial charge >= 0.3 is 6.03 Å². The van der Waals surface area contributed by atoms with Gasteiger partial charge in [-0.15, -0.1) is 0 Å². The summed E-state index contributed by atoms with van der Waals surface area (Å²) >= 11 is 12.1. The van der Waals surface area contributed by atoms with Gasteiger partial charge in [0.05, 0.1) is 22.2 Å². The summed E-state index contributed by atoms with van der Waals surface area (Å²) in [6.45, 7) is 4.03. The van der Waals surface area contributed by atoms with Gasteiger partial charge in [0.2, 0.25) is 10.0 Å². The molecule has 0 bridgehead atoms. The van der Waals surface area contributed by atoms with Gasteiger partial charge in [0.15, 0.2) is 0 Å². The fraction of sp³-hybridized carbons (Fsp3) is 0.316. The molecule has 0 saturated heterocycles. The predicted octanol–water partition coefficient (Wildman–Crippen LogP) is 4.83. The second-order valence-electron chi connectivity index (χ2n) is 6.22. The molecule has 0 atom stereocenters. The number of rotatable bonds is 7. The maximum Gasteiger partial charge on any atom is 0.321 e. The minimum atomic E-state index is -3.71. The summed E-state index contributed by atoms with van der Waals surface area (Å²) in [6, 6.07) is 7.76. The van der Waals surface area contributed by atoms with Crippen molar-refractivity contribution in [3.05, 3.63) is 57.8 Å². The van der Waals surface area contributed by atoms with E-state index in [1.54, 1.807) is 13.8 Å². The van der Waals surface area contributed by atoms with Crippen molar-refractivity contribution in [2.45, 2.75) is 25.3 Å². The second kappa shape index (κ2) is 9.75. The molecule has 6 nitrogen and oxygen atoms in total. The van der Waals surface area contributed by atoms with Crippen molar-refractivity contribution in [2.24, 2.45) is 0 Å². The molecule has 2 aromatic carbocycles. The fourth-order valence-corrected chi connectivity index (χ4v) is 4.55. The first-order valence-electron chi connectivity index (χ1n) is 8.86. The van der Waals surface area contributed by atoms with E-state index in [1.807, 2.05) is 0 Å². The summed E-state index contributed by atoms with van der Waals surface area (Å²) in [6.07, 6.45) is 0. The number of amides is 2. The number of hydrogen-bond acceptors (Lipinski definition) is 3. The Morgan fingerprint density at radius 1 is 1.10 bits per heavy atom. The van der Waals surface area contributed by atoms with E-state index in [9.17, 15) is 17.6 Å². The lowest BCUT2D eigenvalue weighted by Crippen LogP contribution is -2.32. The van der Waals surface area contributed by atoms with Crippen LogP contribution in [0.4, 0.5) is 14.9 Å². The molecule has 2 rings (SSSR count). The van der Waals surface area contributed by atoms with Crippen LogP contribution in [0.15, 0.2) is 41.3 Å². The second-order valence-corrected chi connectivity index (χ2v) is 8.97. The normalized spacial score (nSPS) is 11.6. The Kier molecular flexibility index (Phi) is 7.87. The van der Waals surface area contributed by atoms with E-state index in [0.717, 1.165) is 0 Å². The molecule has 0 fully saturated rings. The summed E-state index contributed by atoms with van der Waals surface area (Å²) < 4.78 is 40.7. The average molecular weight is 462 g/mol. The Morgan fingerprint density at radius 2 is 1.76 bits per heavy atom. The highest BCUT2D eigenvalue weighted by molar-refractivity contribution is 7.89. The molecule has 29 heavy (non-hydrogen) atoms. The number of nitrogens with zero attached hydrogens (tertiary/aromatic N) is 2. The zero-order chi connectivity index (χ0) is 21.8. The third-order valence-electron chi connectivity index (χ3n) is 4.33. The maximum atomic E-state index is 14.0. The van der Waals surface area contributed by atoms with Gasteiger partial charge in [0.25, 0.3) is 0 Å². The summed E-state index contributed by atoms with van der Waals surface area (Å²) in [5.74, 6) is -0.525. The largest absolute Gasteiger partial charge is 0.323 e. The van der Waals surface area contributed by atoms with Crippen LogP contribution in [0.1, 0.15) is 19.4 Å². The maximum absolute atomic E-state index is 14.0. The monoisotopic (exact) mass is 461 g/mol. The number of nitrogens with one attached hydrogen (secondary N) is 1. The van der Waals surface area contributed by atoms with Crippen LogP contribution in [0, 0.1) is 5.82 Å². The molecule has 0 spiro atoms. The molecule has 0 heterocycles. The number of anilines is 1. The number of sulfonamides is 1. The van der Waals surface area contributed by atoms with E-state index >= 15 is 0 Å². The van der Waals surface area contributed by atoms with Gasteiger partial charge in [-0.2, -0.15) is 4.31 Å². The van der Waals surface area contributed by atoms with E-state index in [0.29, 0.717) is 13.1 Å². The number of carbonyl (C=O) groups excluding carboxylic acids is 1. The molecule has 0 aromatic heterocycles. The lowest BCUT2D eigenvalue weighted by molar-refractivity contribution is 0.220. The van der Waals surface area contributed by atoms with Gasteiger partial charge in [0, 0.05) is 30.7 Å². The molecular formula is C19H22Cl2FN3O3S. The predicted molar refractivity (Wildman–Crippen MR) is 113 cm³/mol. The molecule has 0 unspecified atom stereocenters. The van der Waals surface area contributed by atoms with E-state index in [-0.39, 0.29) is 32.7 Å². The van der Waals surface area contributed by atoms with Gasteiger partial charge in [0.1, 0.15) is 5.82 Å². The van der Waals surface area contributed by atoms with Crippen molar-refractivity contribution >= 4 is 44.9 Å². The smallest absolute Gasteiger partial charge is 0.321 e. The number of carbonyl (C=O) groups is 1. The topological polar surface area (TPSA) is 69.7 Å². The van der Waals surface area contributed by atoms with Gasteiger partial charge < -0.3 is 10.2 Å². The minimum absolute atomic E-state index is 0.0145. The highest BCUT2D eigenvalue weighted by Gasteiger charge is 2.23. The zero-order valence-electron chi connectivity index (χ0n) is 16.2. The van der Waals surface area contributed by atoms with Gasteiger partial charge in [-0.05, 0) is 30.3 Å². The van der Waals surface area contributed by atoms with E-state index in [2.05, 4.69) is 5.32 Å². The first kappa shape index (κ1) is 23.4. The number of benzene rings is 2. The Labute approximate surface area is 180 Å². The summed E-state index contributed by atoms with van der Waals surface area (Å²) in [7, 11) is -2.25. The molecule has 2 amide bonds. The first-order chi connectivity index (χ1) is 13.6. The van der Waals surface area contributed by atoms with E-state index in [4.69, 9.17) is 23.2 Å². The van der Waals surface area contributed by atoms with Crippen LogP contribution < -0.4 is 5.32 Å². The number of hydrogen-bond donors (Lipinski definition) is 1. The van der Waals surface area contributed by atoms with Crippen LogP contribution >= 0.6 is 23.2 Å². The van der Waals surface area contributed by atoms with Crippen LogP contribution in [-0.4, -0.2) is 43.8 Å². The molecule has 0 aliphatic rings.